The van der Waals surface area contributed by atoms with Crippen molar-refractivity contribution in [3.8, 4) is 0 Å². The average molecular weight is 265 g/mol. The van der Waals surface area contributed by atoms with E-state index in [1.165, 1.54) is 0 Å². The highest BCUT2D eigenvalue weighted by Gasteiger charge is 2.21. The Labute approximate surface area is 110 Å². The molecule has 1 unspecified atom stereocenters. The number of nitrogens with zero attached hydrogens (tertiary/aromatic N) is 2. The van der Waals surface area contributed by atoms with Crippen molar-refractivity contribution >= 4 is 17.5 Å². The fraction of sp³-hybridized carbons (Fsp3) is 0.231. The molecule has 2 heterocycles. The van der Waals surface area contributed by atoms with E-state index >= 15 is 0 Å². The lowest BCUT2D eigenvalue weighted by atomic mass is 10.1. The van der Waals surface area contributed by atoms with E-state index in [1.807, 2.05) is 19.1 Å². The summed E-state index contributed by atoms with van der Waals surface area (Å²) in [5.74, 6) is 0.0245. The highest BCUT2D eigenvalue weighted by Crippen LogP contribution is 2.21. The Kier molecular flexibility index (Phi) is 3.67. The maximum atomic E-state index is 12.1. The maximum Gasteiger partial charge on any atom is 0.289 e. The van der Waals surface area contributed by atoms with Crippen molar-refractivity contribution in [1.29, 1.82) is 0 Å². The van der Waals surface area contributed by atoms with Crippen LogP contribution in [0.5, 0.6) is 0 Å². The number of hydrogen-bond donors (Lipinski definition) is 0. The third kappa shape index (κ3) is 2.54. The Balaban J connectivity index is 2.16. The third-order valence-corrected chi connectivity index (χ3v) is 3.06. The fourth-order valence-electron chi connectivity index (χ4n) is 1.63. The second kappa shape index (κ2) is 5.23. The molecule has 0 aliphatic carbocycles. The molecule has 2 rings (SSSR count). The zero-order valence-corrected chi connectivity index (χ0v) is 10.9. The van der Waals surface area contributed by atoms with Crippen LogP contribution in [0, 0.1) is 0 Å². The van der Waals surface area contributed by atoms with E-state index in [0.29, 0.717) is 0 Å². The molecule has 0 radical (unpaired) electrons. The first-order valence-corrected chi connectivity index (χ1v) is 5.90. The van der Waals surface area contributed by atoms with Crippen LogP contribution in [0.25, 0.3) is 0 Å². The van der Waals surface area contributed by atoms with E-state index in [4.69, 9.17) is 16.0 Å². The summed E-state index contributed by atoms with van der Waals surface area (Å²) in [6.07, 6.45) is 3.44. The number of pyridine rings is 1. The van der Waals surface area contributed by atoms with Crippen LogP contribution in [0.3, 0.4) is 0 Å². The number of aromatic nitrogens is 1. The van der Waals surface area contributed by atoms with Gasteiger partial charge in [-0.2, -0.15) is 0 Å². The summed E-state index contributed by atoms with van der Waals surface area (Å²) >= 11 is 5.66. The van der Waals surface area contributed by atoms with Gasteiger partial charge in [0.25, 0.3) is 5.91 Å². The number of halogens is 1. The van der Waals surface area contributed by atoms with E-state index in [-0.39, 0.29) is 22.9 Å². The minimum absolute atomic E-state index is 0.0879. The van der Waals surface area contributed by atoms with Crippen LogP contribution in [0.15, 0.2) is 41.1 Å². The number of amides is 1. The van der Waals surface area contributed by atoms with Gasteiger partial charge in [-0.05, 0) is 42.3 Å². The van der Waals surface area contributed by atoms with Gasteiger partial charge in [-0.1, -0.05) is 6.07 Å². The minimum atomic E-state index is -0.210. The lowest BCUT2D eigenvalue weighted by Crippen LogP contribution is -2.29. The third-order valence-electron chi connectivity index (χ3n) is 2.85. The largest absolute Gasteiger partial charge is 0.440 e. The summed E-state index contributed by atoms with van der Waals surface area (Å²) in [6.45, 7) is 1.93. The van der Waals surface area contributed by atoms with Gasteiger partial charge in [-0.3, -0.25) is 9.78 Å². The second-order valence-corrected chi connectivity index (χ2v) is 4.35. The number of hydrogen-bond acceptors (Lipinski definition) is 3. The smallest absolute Gasteiger partial charge is 0.289 e. The lowest BCUT2D eigenvalue weighted by Gasteiger charge is -2.24. The first-order valence-electron chi connectivity index (χ1n) is 5.52. The van der Waals surface area contributed by atoms with E-state index < -0.39 is 0 Å². The molecule has 94 valence electrons. The molecule has 2 aromatic heterocycles. The monoisotopic (exact) mass is 264 g/mol. The van der Waals surface area contributed by atoms with Gasteiger partial charge in [0.2, 0.25) is 0 Å². The molecule has 0 fully saturated rings. The van der Waals surface area contributed by atoms with Gasteiger partial charge in [-0.25, -0.2) is 0 Å². The summed E-state index contributed by atoms with van der Waals surface area (Å²) < 4.78 is 5.11. The molecule has 5 heteroatoms. The van der Waals surface area contributed by atoms with Crippen molar-refractivity contribution in [2.45, 2.75) is 13.0 Å². The normalized spacial score (nSPS) is 12.2. The van der Waals surface area contributed by atoms with Gasteiger partial charge in [0.15, 0.2) is 11.0 Å². The highest BCUT2D eigenvalue weighted by molar-refractivity contribution is 6.29. The van der Waals surface area contributed by atoms with Crippen molar-refractivity contribution < 1.29 is 9.21 Å². The van der Waals surface area contributed by atoms with Crippen LogP contribution in [-0.2, 0) is 0 Å². The molecule has 0 spiro atoms. The SMILES string of the molecule is CC(c1cccnc1)N(C)C(=O)c1ccc(Cl)o1. The van der Waals surface area contributed by atoms with E-state index in [0.717, 1.165) is 5.56 Å². The van der Waals surface area contributed by atoms with Crippen LogP contribution in [0.2, 0.25) is 5.22 Å². The first-order chi connectivity index (χ1) is 8.59. The summed E-state index contributed by atoms with van der Waals surface area (Å²) in [5.41, 5.74) is 0.964. The molecular weight excluding hydrogens is 252 g/mol. The number of carbonyl (C=O) groups is 1. The highest BCUT2D eigenvalue weighted by atomic mass is 35.5. The quantitative estimate of drug-likeness (QED) is 0.855. The van der Waals surface area contributed by atoms with Crippen LogP contribution >= 0.6 is 11.6 Å². The molecule has 1 atom stereocenters. The average Bonchev–Trinajstić information content (AvgIpc) is 2.84. The van der Waals surface area contributed by atoms with E-state index in [9.17, 15) is 4.79 Å². The molecular formula is C13H13ClN2O2. The van der Waals surface area contributed by atoms with Gasteiger partial charge >= 0.3 is 0 Å². The van der Waals surface area contributed by atoms with Crippen LogP contribution in [0.1, 0.15) is 29.1 Å². The maximum absolute atomic E-state index is 12.1. The lowest BCUT2D eigenvalue weighted by molar-refractivity contribution is 0.0710. The summed E-state index contributed by atoms with van der Waals surface area (Å²) in [4.78, 5) is 17.8. The minimum Gasteiger partial charge on any atom is -0.440 e. The fourth-order valence-corrected chi connectivity index (χ4v) is 1.77. The van der Waals surface area contributed by atoms with E-state index in [2.05, 4.69) is 4.98 Å². The Morgan fingerprint density at radius 3 is 2.78 bits per heavy atom. The molecule has 0 aromatic carbocycles. The van der Waals surface area contributed by atoms with Gasteiger partial charge < -0.3 is 9.32 Å². The molecule has 0 saturated carbocycles. The molecule has 1 amide bonds. The Morgan fingerprint density at radius 2 is 2.22 bits per heavy atom. The Morgan fingerprint density at radius 1 is 1.44 bits per heavy atom. The number of furan rings is 1. The molecule has 0 saturated heterocycles. The van der Waals surface area contributed by atoms with Gasteiger partial charge in [0.1, 0.15) is 0 Å². The van der Waals surface area contributed by atoms with Crippen molar-refractivity contribution in [3.05, 3.63) is 53.2 Å². The number of rotatable bonds is 3. The van der Waals surface area contributed by atoms with E-state index in [1.54, 1.807) is 36.5 Å². The van der Waals surface area contributed by atoms with Crippen LogP contribution < -0.4 is 0 Å². The molecule has 0 bridgehead atoms. The molecule has 18 heavy (non-hydrogen) atoms. The molecule has 0 aliphatic heterocycles. The van der Waals surface area contributed by atoms with Gasteiger partial charge in [-0.15, -0.1) is 0 Å². The second-order valence-electron chi connectivity index (χ2n) is 3.98. The predicted molar refractivity (Wildman–Crippen MR) is 68.5 cm³/mol. The molecule has 4 nitrogen and oxygen atoms in total. The zero-order valence-electron chi connectivity index (χ0n) is 10.1. The predicted octanol–water partition coefficient (Wildman–Crippen LogP) is 3.16. The Hall–Kier alpha value is -1.81. The van der Waals surface area contributed by atoms with Crippen molar-refractivity contribution in [3.63, 3.8) is 0 Å². The summed E-state index contributed by atoms with van der Waals surface area (Å²) in [6, 6.07) is 6.80. The van der Waals surface area contributed by atoms with Crippen molar-refractivity contribution in [1.82, 2.24) is 9.88 Å². The summed E-state index contributed by atoms with van der Waals surface area (Å²) in [7, 11) is 1.72. The summed E-state index contributed by atoms with van der Waals surface area (Å²) in [5, 5.41) is 0.209. The Bertz CT molecular complexity index is 539. The number of carbonyl (C=O) groups excluding carboxylic acids is 1. The van der Waals surface area contributed by atoms with Crippen molar-refractivity contribution in [2.24, 2.45) is 0 Å². The first kappa shape index (κ1) is 12.6. The standard InChI is InChI=1S/C13H13ClN2O2/c1-9(10-4-3-7-15-8-10)16(2)13(17)11-5-6-12(14)18-11/h3-9H,1-2H3. The molecule has 2 aromatic rings. The van der Waals surface area contributed by atoms with Gasteiger partial charge in [0.05, 0.1) is 6.04 Å². The zero-order chi connectivity index (χ0) is 13.1. The topological polar surface area (TPSA) is 46.3 Å². The van der Waals surface area contributed by atoms with Crippen LogP contribution in [0.4, 0.5) is 0 Å². The van der Waals surface area contributed by atoms with Crippen LogP contribution in [-0.4, -0.2) is 22.8 Å². The van der Waals surface area contributed by atoms with Gasteiger partial charge in [0, 0.05) is 19.4 Å². The molecule has 0 aliphatic rings. The van der Waals surface area contributed by atoms with Crippen molar-refractivity contribution in [2.75, 3.05) is 7.05 Å². The molecule has 0 N–H and O–H groups in total.